The van der Waals surface area contributed by atoms with Crippen molar-refractivity contribution in [1.82, 2.24) is 15.6 Å². The Labute approximate surface area is 135 Å². The third-order valence-electron chi connectivity index (χ3n) is 3.28. The molecular formula is C16H24N4OS. The Balaban J connectivity index is 1.89. The van der Waals surface area contributed by atoms with Crippen LogP contribution in [0.15, 0.2) is 34.0 Å². The molecule has 0 fully saturated rings. The predicted molar refractivity (Wildman–Crippen MR) is 91.3 cm³/mol. The number of aliphatic imine (C=N–C) groups is 1. The second-order valence-electron chi connectivity index (χ2n) is 5.24. The van der Waals surface area contributed by atoms with Gasteiger partial charge in [-0.05, 0) is 32.4 Å². The first-order valence-corrected chi connectivity index (χ1v) is 8.47. The van der Waals surface area contributed by atoms with Crippen LogP contribution in [0.3, 0.4) is 0 Å². The van der Waals surface area contributed by atoms with Gasteiger partial charge in [0.05, 0.1) is 12.8 Å². The molecule has 2 heterocycles. The molecule has 6 heteroatoms. The summed E-state index contributed by atoms with van der Waals surface area (Å²) in [5.74, 6) is 1.81. The molecule has 1 unspecified atom stereocenters. The van der Waals surface area contributed by atoms with E-state index in [1.54, 1.807) is 17.6 Å². The van der Waals surface area contributed by atoms with Crippen molar-refractivity contribution in [1.29, 1.82) is 0 Å². The maximum atomic E-state index is 5.34. The van der Waals surface area contributed by atoms with E-state index in [2.05, 4.69) is 41.4 Å². The van der Waals surface area contributed by atoms with Crippen LogP contribution in [-0.2, 0) is 13.0 Å². The average molecular weight is 320 g/mol. The summed E-state index contributed by atoms with van der Waals surface area (Å²) in [5, 5.41) is 7.80. The molecule has 0 spiro atoms. The number of thiazole rings is 1. The molecule has 0 aliphatic carbocycles. The van der Waals surface area contributed by atoms with Gasteiger partial charge < -0.3 is 15.1 Å². The maximum absolute atomic E-state index is 5.34. The molecule has 2 rings (SSSR count). The molecule has 0 saturated heterocycles. The van der Waals surface area contributed by atoms with Crippen LogP contribution in [0.5, 0.6) is 0 Å². The van der Waals surface area contributed by atoms with E-state index in [0.717, 1.165) is 36.1 Å². The minimum atomic E-state index is 0.382. The van der Waals surface area contributed by atoms with E-state index in [1.165, 1.54) is 4.88 Å². The van der Waals surface area contributed by atoms with Crippen LogP contribution in [0.4, 0.5) is 0 Å². The van der Waals surface area contributed by atoms with Crippen LogP contribution >= 0.6 is 11.3 Å². The van der Waals surface area contributed by atoms with Crippen molar-refractivity contribution in [2.45, 2.75) is 46.2 Å². The van der Waals surface area contributed by atoms with E-state index in [4.69, 9.17) is 4.42 Å². The second kappa shape index (κ2) is 8.58. The van der Waals surface area contributed by atoms with E-state index in [1.807, 2.05) is 18.3 Å². The smallest absolute Gasteiger partial charge is 0.191 e. The summed E-state index contributed by atoms with van der Waals surface area (Å²) in [5.41, 5.74) is 0. The zero-order chi connectivity index (χ0) is 15.8. The van der Waals surface area contributed by atoms with Gasteiger partial charge in [0.2, 0.25) is 0 Å². The van der Waals surface area contributed by atoms with Crippen molar-refractivity contribution >= 4 is 17.3 Å². The molecule has 0 amide bonds. The summed E-state index contributed by atoms with van der Waals surface area (Å²) >= 11 is 1.69. The van der Waals surface area contributed by atoms with Gasteiger partial charge in [-0.3, -0.25) is 0 Å². The molecule has 0 aromatic carbocycles. The first-order chi connectivity index (χ1) is 10.7. The number of nitrogens with zero attached hydrogens (tertiary/aromatic N) is 2. The van der Waals surface area contributed by atoms with Crippen LogP contribution in [0.1, 0.15) is 35.9 Å². The van der Waals surface area contributed by atoms with E-state index in [0.29, 0.717) is 12.6 Å². The molecule has 120 valence electrons. The number of rotatable bonds is 7. The van der Waals surface area contributed by atoms with E-state index >= 15 is 0 Å². The van der Waals surface area contributed by atoms with Crippen molar-refractivity contribution in [3.8, 4) is 0 Å². The molecule has 1 atom stereocenters. The van der Waals surface area contributed by atoms with E-state index < -0.39 is 0 Å². The lowest BCUT2D eigenvalue weighted by Crippen LogP contribution is -2.42. The zero-order valence-electron chi connectivity index (χ0n) is 13.4. The standard InChI is InChI=1S/C16H24N4OS/c1-4-12(2)20-16(17-8-7-14-6-5-9-21-14)19-11-15-18-10-13(3)22-15/h5-6,9-10,12H,4,7-8,11H2,1-3H3,(H2,17,19,20). The summed E-state index contributed by atoms with van der Waals surface area (Å²) in [6.45, 7) is 7.75. The molecule has 2 aromatic rings. The SMILES string of the molecule is CCC(C)NC(=NCc1ncc(C)s1)NCCc1ccco1. The summed E-state index contributed by atoms with van der Waals surface area (Å²) in [6, 6.07) is 4.28. The minimum absolute atomic E-state index is 0.382. The number of nitrogens with one attached hydrogen (secondary N) is 2. The molecule has 5 nitrogen and oxygen atoms in total. The number of guanidine groups is 1. The predicted octanol–water partition coefficient (Wildman–Crippen LogP) is 3.12. The van der Waals surface area contributed by atoms with Crippen LogP contribution in [0, 0.1) is 6.92 Å². The number of aromatic nitrogens is 1. The Morgan fingerprint density at radius 3 is 3.00 bits per heavy atom. The highest BCUT2D eigenvalue weighted by Crippen LogP contribution is 2.11. The highest BCUT2D eigenvalue weighted by Gasteiger charge is 2.05. The van der Waals surface area contributed by atoms with Gasteiger partial charge in [-0.25, -0.2) is 9.98 Å². The number of furan rings is 1. The molecule has 2 N–H and O–H groups in total. The largest absolute Gasteiger partial charge is 0.469 e. The Bertz CT molecular complexity index is 577. The molecular weight excluding hydrogens is 296 g/mol. The zero-order valence-corrected chi connectivity index (χ0v) is 14.2. The fourth-order valence-corrected chi connectivity index (χ4v) is 2.58. The van der Waals surface area contributed by atoms with Gasteiger partial charge in [0.1, 0.15) is 10.8 Å². The van der Waals surface area contributed by atoms with E-state index in [-0.39, 0.29) is 0 Å². The van der Waals surface area contributed by atoms with Gasteiger partial charge in [0, 0.05) is 30.1 Å². The molecule has 0 aliphatic heterocycles. The molecule has 2 aromatic heterocycles. The van der Waals surface area contributed by atoms with Gasteiger partial charge in [0.15, 0.2) is 5.96 Å². The average Bonchev–Trinajstić information content (AvgIpc) is 3.16. The van der Waals surface area contributed by atoms with E-state index in [9.17, 15) is 0 Å². The van der Waals surface area contributed by atoms with Crippen molar-refractivity contribution in [2.75, 3.05) is 6.54 Å². The summed E-state index contributed by atoms with van der Waals surface area (Å²) < 4.78 is 5.34. The van der Waals surface area contributed by atoms with Gasteiger partial charge >= 0.3 is 0 Å². The highest BCUT2D eigenvalue weighted by atomic mass is 32.1. The highest BCUT2D eigenvalue weighted by molar-refractivity contribution is 7.11. The molecule has 0 bridgehead atoms. The lowest BCUT2D eigenvalue weighted by atomic mass is 10.3. The summed E-state index contributed by atoms with van der Waals surface area (Å²) in [6.07, 6.45) is 5.48. The summed E-state index contributed by atoms with van der Waals surface area (Å²) in [4.78, 5) is 10.2. The Kier molecular flexibility index (Phi) is 6.45. The maximum Gasteiger partial charge on any atom is 0.191 e. The Morgan fingerprint density at radius 2 is 2.36 bits per heavy atom. The number of hydrogen-bond acceptors (Lipinski definition) is 4. The van der Waals surface area contributed by atoms with Crippen LogP contribution < -0.4 is 10.6 Å². The number of hydrogen-bond donors (Lipinski definition) is 2. The third kappa shape index (κ3) is 5.52. The van der Waals surface area contributed by atoms with Crippen molar-refractivity contribution in [2.24, 2.45) is 4.99 Å². The van der Waals surface area contributed by atoms with Crippen LogP contribution in [-0.4, -0.2) is 23.5 Å². The normalized spacial score (nSPS) is 13.1. The van der Waals surface area contributed by atoms with Gasteiger partial charge in [-0.2, -0.15) is 0 Å². The molecule has 22 heavy (non-hydrogen) atoms. The Hall–Kier alpha value is -1.82. The van der Waals surface area contributed by atoms with Crippen LogP contribution in [0.25, 0.3) is 0 Å². The molecule has 0 aliphatic rings. The minimum Gasteiger partial charge on any atom is -0.469 e. The van der Waals surface area contributed by atoms with Gasteiger partial charge in [-0.1, -0.05) is 6.92 Å². The lowest BCUT2D eigenvalue weighted by Gasteiger charge is -2.16. The fourth-order valence-electron chi connectivity index (χ4n) is 1.87. The summed E-state index contributed by atoms with van der Waals surface area (Å²) in [7, 11) is 0. The Morgan fingerprint density at radius 1 is 1.50 bits per heavy atom. The monoisotopic (exact) mass is 320 g/mol. The topological polar surface area (TPSA) is 62.5 Å². The quantitative estimate of drug-likeness (QED) is 0.608. The third-order valence-corrected chi connectivity index (χ3v) is 4.18. The first-order valence-electron chi connectivity index (χ1n) is 7.66. The van der Waals surface area contributed by atoms with Crippen molar-refractivity contribution in [3.63, 3.8) is 0 Å². The first kappa shape index (κ1) is 16.5. The van der Waals surface area contributed by atoms with Crippen molar-refractivity contribution in [3.05, 3.63) is 40.2 Å². The van der Waals surface area contributed by atoms with Gasteiger partial charge in [0.25, 0.3) is 0 Å². The number of aryl methyl sites for hydroxylation is 1. The molecule has 0 radical (unpaired) electrons. The fraction of sp³-hybridized carbons (Fsp3) is 0.500. The lowest BCUT2D eigenvalue weighted by molar-refractivity contribution is 0.506. The van der Waals surface area contributed by atoms with Crippen LogP contribution in [0.2, 0.25) is 0 Å². The molecule has 0 saturated carbocycles. The van der Waals surface area contributed by atoms with Crippen molar-refractivity contribution < 1.29 is 4.42 Å². The van der Waals surface area contributed by atoms with Gasteiger partial charge in [-0.15, -0.1) is 11.3 Å². The second-order valence-corrected chi connectivity index (χ2v) is 6.56.